The van der Waals surface area contributed by atoms with Crippen LogP contribution in [0.5, 0.6) is 0 Å². The van der Waals surface area contributed by atoms with Crippen LogP contribution in [0.4, 0.5) is 0 Å². The number of carbonyl (C=O) groups excluding carboxylic acids is 1. The molecular formula is C14H19Cl2N5O. The number of nitrogens with zero attached hydrogens (tertiary/aromatic N) is 4. The molecule has 1 N–H and O–H groups in total. The molecule has 3 rings (SSSR count). The van der Waals surface area contributed by atoms with Crippen molar-refractivity contribution in [3.8, 4) is 5.82 Å². The first kappa shape index (κ1) is 18.4. The van der Waals surface area contributed by atoms with E-state index in [2.05, 4.69) is 22.2 Å². The summed E-state index contributed by atoms with van der Waals surface area (Å²) in [6.07, 6.45) is 6.83. The van der Waals surface area contributed by atoms with Gasteiger partial charge in [-0.15, -0.1) is 24.8 Å². The minimum atomic E-state index is 0. The van der Waals surface area contributed by atoms with Gasteiger partial charge in [-0.25, -0.2) is 9.97 Å². The molecule has 6 nitrogen and oxygen atoms in total. The van der Waals surface area contributed by atoms with E-state index in [4.69, 9.17) is 0 Å². The molecule has 1 amide bonds. The Bertz CT molecular complexity index is 588. The van der Waals surface area contributed by atoms with Gasteiger partial charge in [-0.05, 0) is 19.1 Å². The molecule has 0 radical (unpaired) electrons. The van der Waals surface area contributed by atoms with Crippen molar-refractivity contribution in [3.63, 3.8) is 0 Å². The van der Waals surface area contributed by atoms with Gasteiger partial charge < -0.3 is 10.2 Å². The van der Waals surface area contributed by atoms with Crippen molar-refractivity contribution in [3.05, 3.63) is 42.6 Å². The number of hydrogen-bond donors (Lipinski definition) is 1. The van der Waals surface area contributed by atoms with Crippen molar-refractivity contribution < 1.29 is 4.79 Å². The number of halogens is 2. The Labute approximate surface area is 141 Å². The molecule has 1 atom stereocenters. The molecule has 1 aliphatic heterocycles. The molecule has 120 valence electrons. The highest BCUT2D eigenvalue weighted by molar-refractivity contribution is 5.94. The van der Waals surface area contributed by atoms with Gasteiger partial charge in [0, 0.05) is 44.3 Å². The maximum atomic E-state index is 12.4. The summed E-state index contributed by atoms with van der Waals surface area (Å²) in [5.74, 6) is 0.802. The molecule has 2 aromatic rings. The first-order valence-corrected chi connectivity index (χ1v) is 6.72. The lowest BCUT2D eigenvalue weighted by Gasteiger charge is -2.33. The first-order chi connectivity index (χ1) is 9.75. The highest BCUT2D eigenvalue weighted by Gasteiger charge is 2.24. The third-order valence-corrected chi connectivity index (χ3v) is 3.53. The predicted molar refractivity (Wildman–Crippen MR) is 89.2 cm³/mol. The second-order valence-corrected chi connectivity index (χ2v) is 4.93. The standard InChI is InChI=1S/C14H17N5O.2ClH/c1-11-8-15-5-7-19(11)14(20)12-2-3-13(17-9-12)18-6-4-16-10-18;;/h2-4,6,9-11,15H,5,7-8H2,1H3;2*1H. The molecule has 0 aliphatic carbocycles. The second-order valence-electron chi connectivity index (χ2n) is 4.93. The smallest absolute Gasteiger partial charge is 0.255 e. The zero-order chi connectivity index (χ0) is 13.9. The largest absolute Gasteiger partial charge is 0.333 e. The third-order valence-electron chi connectivity index (χ3n) is 3.53. The number of carbonyl (C=O) groups is 1. The third kappa shape index (κ3) is 3.76. The molecule has 1 unspecified atom stereocenters. The van der Waals surface area contributed by atoms with Crippen LogP contribution >= 0.6 is 24.8 Å². The second kappa shape index (κ2) is 8.12. The molecule has 0 aromatic carbocycles. The van der Waals surface area contributed by atoms with Crippen molar-refractivity contribution in [1.82, 2.24) is 24.8 Å². The lowest BCUT2D eigenvalue weighted by molar-refractivity contribution is 0.0655. The quantitative estimate of drug-likeness (QED) is 0.898. The van der Waals surface area contributed by atoms with E-state index in [-0.39, 0.29) is 36.8 Å². The van der Waals surface area contributed by atoms with Gasteiger partial charge in [0.15, 0.2) is 0 Å². The zero-order valence-electron chi connectivity index (χ0n) is 12.2. The minimum absolute atomic E-state index is 0. The van der Waals surface area contributed by atoms with E-state index in [9.17, 15) is 4.79 Å². The van der Waals surface area contributed by atoms with Crippen molar-refractivity contribution in [2.45, 2.75) is 13.0 Å². The van der Waals surface area contributed by atoms with E-state index >= 15 is 0 Å². The van der Waals surface area contributed by atoms with Gasteiger partial charge in [0.05, 0.1) is 5.56 Å². The topological polar surface area (TPSA) is 63.1 Å². The van der Waals surface area contributed by atoms with Crippen molar-refractivity contribution in [2.75, 3.05) is 19.6 Å². The SMILES string of the molecule is CC1CNCCN1C(=O)c1ccc(-n2ccnc2)nc1.Cl.Cl. The Balaban J connectivity index is 0.00000121. The fourth-order valence-electron chi connectivity index (χ4n) is 2.37. The Hall–Kier alpha value is -1.63. The van der Waals surface area contributed by atoms with Crippen LogP contribution in [0.2, 0.25) is 0 Å². The van der Waals surface area contributed by atoms with Crippen LogP contribution in [-0.2, 0) is 0 Å². The van der Waals surface area contributed by atoms with Crippen molar-refractivity contribution >= 4 is 30.7 Å². The highest BCUT2D eigenvalue weighted by atomic mass is 35.5. The van der Waals surface area contributed by atoms with Crippen LogP contribution < -0.4 is 5.32 Å². The number of pyridine rings is 1. The van der Waals surface area contributed by atoms with Crippen molar-refractivity contribution in [2.24, 2.45) is 0 Å². The van der Waals surface area contributed by atoms with Gasteiger partial charge in [0.1, 0.15) is 12.1 Å². The van der Waals surface area contributed by atoms with E-state index in [1.807, 2.05) is 27.8 Å². The lowest BCUT2D eigenvalue weighted by atomic mass is 10.1. The monoisotopic (exact) mass is 343 g/mol. The normalized spacial score (nSPS) is 17.3. The number of amides is 1. The molecule has 1 fully saturated rings. The Kier molecular flexibility index (Phi) is 6.80. The Morgan fingerprint density at radius 1 is 1.36 bits per heavy atom. The maximum absolute atomic E-state index is 12.4. The van der Waals surface area contributed by atoms with Crippen molar-refractivity contribution in [1.29, 1.82) is 0 Å². The van der Waals surface area contributed by atoms with Crippen LogP contribution in [0.1, 0.15) is 17.3 Å². The minimum Gasteiger partial charge on any atom is -0.333 e. The molecule has 3 heterocycles. The highest BCUT2D eigenvalue weighted by Crippen LogP contribution is 2.11. The zero-order valence-corrected chi connectivity index (χ0v) is 13.8. The number of aromatic nitrogens is 3. The Morgan fingerprint density at radius 2 is 2.18 bits per heavy atom. The molecule has 2 aromatic heterocycles. The number of rotatable bonds is 2. The van der Waals surface area contributed by atoms with Gasteiger partial charge in [-0.1, -0.05) is 0 Å². The fourth-order valence-corrected chi connectivity index (χ4v) is 2.37. The van der Waals surface area contributed by atoms with E-state index in [1.165, 1.54) is 0 Å². The summed E-state index contributed by atoms with van der Waals surface area (Å²) in [6, 6.07) is 3.87. The molecule has 0 saturated carbocycles. The van der Waals surface area contributed by atoms with Gasteiger partial charge in [0.25, 0.3) is 5.91 Å². The van der Waals surface area contributed by atoms with Gasteiger partial charge in [-0.2, -0.15) is 0 Å². The average Bonchev–Trinajstić information content (AvgIpc) is 3.01. The summed E-state index contributed by atoms with van der Waals surface area (Å²) < 4.78 is 1.81. The predicted octanol–water partition coefficient (Wildman–Crippen LogP) is 1.54. The number of hydrogen-bond acceptors (Lipinski definition) is 4. The summed E-state index contributed by atoms with van der Waals surface area (Å²) in [4.78, 5) is 22.6. The lowest BCUT2D eigenvalue weighted by Crippen LogP contribution is -2.52. The number of imidazole rings is 1. The number of nitrogens with one attached hydrogen (secondary N) is 1. The fraction of sp³-hybridized carbons (Fsp3) is 0.357. The van der Waals surface area contributed by atoms with Crippen LogP contribution in [0.15, 0.2) is 37.1 Å². The summed E-state index contributed by atoms with van der Waals surface area (Å²) in [5, 5.41) is 3.28. The molecule has 0 bridgehead atoms. The maximum Gasteiger partial charge on any atom is 0.255 e. The van der Waals surface area contributed by atoms with Crippen LogP contribution in [0.3, 0.4) is 0 Å². The molecular weight excluding hydrogens is 325 g/mol. The van der Waals surface area contributed by atoms with Gasteiger partial charge in [-0.3, -0.25) is 9.36 Å². The van der Waals surface area contributed by atoms with Crippen LogP contribution in [0, 0.1) is 0 Å². The van der Waals surface area contributed by atoms with E-state index in [0.717, 1.165) is 25.5 Å². The summed E-state index contributed by atoms with van der Waals surface area (Å²) in [5.41, 5.74) is 0.627. The van der Waals surface area contributed by atoms with E-state index in [0.29, 0.717) is 5.56 Å². The number of piperazine rings is 1. The molecule has 1 saturated heterocycles. The Morgan fingerprint density at radius 3 is 2.77 bits per heavy atom. The molecule has 8 heteroatoms. The average molecular weight is 344 g/mol. The summed E-state index contributed by atoms with van der Waals surface area (Å²) in [6.45, 7) is 4.48. The molecule has 1 aliphatic rings. The van der Waals surface area contributed by atoms with Crippen LogP contribution in [0.25, 0.3) is 5.82 Å². The van der Waals surface area contributed by atoms with E-state index < -0.39 is 0 Å². The summed E-state index contributed by atoms with van der Waals surface area (Å²) >= 11 is 0. The molecule has 22 heavy (non-hydrogen) atoms. The van der Waals surface area contributed by atoms with Gasteiger partial charge in [0.2, 0.25) is 0 Å². The van der Waals surface area contributed by atoms with E-state index in [1.54, 1.807) is 18.7 Å². The first-order valence-electron chi connectivity index (χ1n) is 6.72. The van der Waals surface area contributed by atoms with Gasteiger partial charge >= 0.3 is 0 Å². The molecule has 0 spiro atoms. The summed E-state index contributed by atoms with van der Waals surface area (Å²) in [7, 11) is 0. The van der Waals surface area contributed by atoms with Crippen LogP contribution in [-0.4, -0.2) is 51.0 Å².